The van der Waals surface area contributed by atoms with E-state index in [1.165, 1.54) is 5.57 Å². The van der Waals surface area contributed by atoms with Crippen LogP contribution in [0.25, 0.3) is 0 Å². The second-order valence-corrected chi connectivity index (χ2v) is 22.9. The minimum atomic E-state index is -4.19. The van der Waals surface area contributed by atoms with Gasteiger partial charge in [-0.15, -0.1) is 4.33 Å². The van der Waals surface area contributed by atoms with E-state index < -0.39 is 41.0 Å². The van der Waals surface area contributed by atoms with Crippen molar-refractivity contribution >= 4 is 48.1 Å². The van der Waals surface area contributed by atoms with Gasteiger partial charge >= 0.3 is 0 Å². The lowest BCUT2D eigenvalue weighted by Gasteiger charge is -2.37. The SMILES string of the molecule is CC1(C)C(/C=C/C=C2C=C(/C=C/C=C3/N(CCCS(=O)(=O)O)C4CCC(S(=O)(=O)O)CC4C3(C)C)CCC/2)=[N+](CCCS(=O)(=O)O)C2CCC(SOOO)CC21. The van der Waals surface area contributed by atoms with E-state index in [-0.39, 0.29) is 52.5 Å². The van der Waals surface area contributed by atoms with Crippen molar-refractivity contribution in [2.24, 2.45) is 22.7 Å². The Morgan fingerprint density at radius 2 is 1.55 bits per heavy atom. The Kier molecular flexibility index (Phi) is 14.7. The predicted molar refractivity (Wildman–Crippen MR) is 217 cm³/mol. The van der Waals surface area contributed by atoms with E-state index in [9.17, 15) is 38.9 Å². The molecule has 0 amide bonds. The first-order chi connectivity index (χ1) is 26.1. The molecule has 5 rings (SSSR count). The zero-order valence-corrected chi connectivity index (χ0v) is 36.0. The van der Waals surface area contributed by atoms with Gasteiger partial charge in [-0.2, -0.15) is 25.3 Å². The number of fused-ring (bicyclic) bond motifs is 2. The smallest absolute Gasteiger partial charge is 0.267 e. The fourth-order valence-electron chi connectivity index (χ4n) is 10.1. The zero-order valence-electron chi connectivity index (χ0n) is 32.7. The first-order valence-electron chi connectivity index (χ1n) is 19.5. The highest BCUT2D eigenvalue weighted by molar-refractivity contribution is 7.95. The molecule has 56 heavy (non-hydrogen) atoms. The van der Waals surface area contributed by atoms with Crippen molar-refractivity contribution in [3.63, 3.8) is 0 Å². The van der Waals surface area contributed by atoms with E-state index in [0.717, 1.165) is 67.5 Å². The van der Waals surface area contributed by atoms with Crippen LogP contribution in [0, 0.1) is 22.7 Å². The molecule has 0 aromatic carbocycles. The third kappa shape index (κ3) is 11.2. The Hall–Kier alpha value is -1.87. The summed E-state index contributed by atoms with van der Waals surface area (Å²) in [6.45, 7) is 9.44. The second kappa shape index (κ2) is 18.2. The summed E-state index contributed by atoms with van der Waals surface area (Å²) in [4.78, 5) is 2.17. The van der Waals surface area contributed by atoms with Crippen LogP contribution in [0.3, 0.4) is 0 Å². The van der Waals surface area contributed by atoms with Crippen LogP contribution in [0.2, 0.25) is 0 Å². The molecule has 0 spiro atoms. The van der Waals surface area contributed by atoms with E-state index in [0.29, 0.717) is 38.8 Å². The monoisotopic (exact) mass is 863 g/mol. The molecule has 3 fully saturated rings. The molecule has 2 heterocycles. The highest BCUT2D eigenvalue weighted by Gasteiger charge is 2.56. The zero-order chi connectivity index (χ0) is 41.1. The van der Waals surface area contributed by atoms with Crippen LogP contribution < -0.4 is 0 Å². The first-order valence-corrected chi connectivity index (χ1v) is 25.0. The van der Waals surface area contributed by atoms with Gasteiger partial charge in [0.1, 0.15) is 6.54 Å². The molecular weight excluding hydrogens is 805 g/mol. The molecule has 0 radical (unpaired) electrons. The van der Waals surface area contributed by atoms with Crippen LogP contribution in [-0.2, 0) is 39.7 Å². The number of nitrogens with zero attached hydrogens (tertiary/aromatic N) is 2. The fourth-order valence-corrected chi connectivity index (χ4v) is 12.7. The van der Waals surface area contributed by atoms with Crippen molar-refractivity contribution in [3.05, 3.63) is 59.4 Å². The summed E-state index contributed by atoms with van der Waals surface area (Å²) in [6.07, 6.45) is 21.6. The summed E-state index contributed by atoms with van der Waals surface area (Å²) in [5, 5.41) is 11.8. The van der Waals surface area contributed by atoms with Crippen LogP contribution in [0.5, 0.6) is 0 Å². The van der Waals surface area contributed by atoms with Crippen LogP contribution in [0.1, 0.15) is 98.3 Å². The third-order valence-corrected chi connectivity index (χ3v) is 16.5. The van der Waals surface area contributed by atoms with E-state index in [1.54, 1.807) is 0 Å². The van der Waals surface area contributed by atoms with Crippen molar-refractivity contribution < 1.29 is 58.1 Å². The van der Waals surface area contributed by atoms with Crippen LogP contribution in [0.4, 0.5) is 0 Å². The molecule has 14 nitrogen and oxygen atoms in total. The summed E-state index contributed by atoms with van der Waals surface area (Å²) < 4.78 is 106. The molecule has 0 aromatic rings. The topological polar surface area (TPSA) is 208 Å². The van der Waals surface area contributed by atoms with Gasteiger partial charge < -0.3 is 4.90 Å². The number of rotatable bonds is 16. The Labute approximate surface area is 337 Å². The van der Waals surface area contributed by atoms with E-state index in [2.05, 4.69) is 72.6 Å². The van der Waals surface area contributed by atoms with Gasteiger partial charge in [0.25, 0.3) is 30.4 Å². The van der Waals surface area contributed by atoms with Gasteiger partial charge in [0.15, 0.2) is 11.8 Å². The maximum atomic E-state index is 12.1. The van der Waals surface area contributed by atoms with Gasteiger partial charge in [-0.25, -0.2) is 9.83 Å². The van der Waals surface area contributed by atoms with Crippen molar-refractivity contribution in [2.45, 2.75) is 121 Å². The molecule has 4 N–H and O–H groups in total. The highest BCUT2D eigenvalue weighted by atomic mass is 32.2. The molecule has 3 aliphatic carbocycles. The molecule has 18 heteroatoms. The van der Waals surface area contributed by atoms with Gasteiger partial charge in [-0.05, 0) is 94.8 Å². The fraction of sp³-hybridized carbons (Fsp3) is 0.711. The minimum absolute atomic E-state index is 0.0141. The quantitative estimate of drug-likeness (QED) is 0.0433. The number of likely N-dealkylation sites (tertiary alicyclic amines) is 1. The van der Waals surface area contributed by atoms with E-state index in [1.807, 2.05) is 12.2 Å². The average molecular weight is 864 g/mol. The molecule has 316 valence electrons. The lowest BCUT2D eigenvalue weighted by atomic mass is 9.69. The van der Waals surface area contributed by atoms with Crippen LogP contribution in [0.15, 0.2) is 59.4 Å². The van der Waals surface area contributed by atoms with Crippen molar-refractivity contribution in [2.75, 3.05) is 24.6 Å². The Morgan fingerprint density at radius 3 is 2.23 bits per heavy atom. The summed E-state index contributed by atoms with van der Waals surface area (Å²) in [5.74, 6) is -0.482. The summed E-state index contributed by atoms with van der Waals surface area (Å²) in [5.41, 5.74) is 3.72. The second-order valence-electron chi connectivity index (χ2n) is 17.1. The molecule has 2 saturated carbocycles. The highest BCUT2D eigenvalue weighted by Crippen LogP contribution is 2.54. The molecule has 2 aliphatic heterocycles. The molecular formula is C38H59N2O12S4+. The van der Waals surface area contributed by atoms with Crippen molar-refractivity contribution in [1.29, 1.82) is 0 Å². The number of allylic oxidation sites excluding steroid dienone is 10. The van der Waals surface area contributed by atoms with E-state index in [4.69, 9.17) is 9.59 Å². The molecule has 5 aliphatic rings. The van der Waals surface area contributed by atoms with Gasteiger partial charge in [0.2, 0.25) is 0 Å². The lowest BCUT2D eigenvalue weighted by molar-refractivity contribution is -0.566. The summed E-state index contributed by atoms with van der Waals surface area (Å²) in [6, 6.07) is 0.183. The lowest BCUT2D eigenvalue weighted by Crippen LogP contribution is -2.41. The van der Waals surface area contributed by atoms with Gasteiger partial charge in [-0.3, -0.25) is 13.7 Å². The normalized spacial score (nSPS) is 31.1. The van der Waals surface area contributed by atoms with E-state index >= 15 is 0 Å². The maximum Gasteiger partial charge on any atom is 0.267 e. The summed E-state index contributed by atoms with van der Waals surface area (Å²) >= 11 is 1.11. The molecule has 0 aromatic heterocycles. The minimum Gasteiger partial charge on any atom is -0.371 e. The van der Waals surface area contributed by atoms with Crippen molar-refractivity contribution in [1.82, 2.24) is 4.90 Å². The Bertz CT molecular complexity index is 1970. The number of hydrogen-bond acceptors (Lipinski definition) is 11. The van der Waals surface area contributed by atoms with Gasteiger partial charge in [-0.1, -0.05) is 49.3 Å². The standard InChI is InChI=1S/C38H58N2O12S4/c1-37(2)31-25-29(53-52-51-41)16-18-33(31)39(20-8-22-54(42,43)44)35(37)14-6-12-27-10-5-11-28(24-27)13-7-15-36-38(3,4)32-26-30(56(48,49)50)17-19-34(32)40(36)21-9-23-55(45,46)47/h6-7,12-15,24,29-34H,5,8-11,16-23,25-26H2,1-4H3,(H3-,41,42,43,44,45,46,47,48,49,50)/p+1. The predicted octanol–water partition coefficient (Wildman–Crippen LogP) is 6.44. The third-order valence-electron chi connectivity index (χ3n) is 12.8. The molecule has 6 unspecified atom stereocenters. The Balaban J connectivity index is 1.36. The first kappa shape index (κ1) is 45.2. The summed E-state index contributed by atoms with van der Waals surface area (Å²) in [7, 11) is -12.4. The Morgan fingerprint density at radius 1 is 0.857 bits per heavy atom. The van der Waals surface area contributed by atoms with Gasteiger partial charge in [0, 0.05) is 65.8 Å². The van der Waals surface area contributed by atoms with Gasteiger partial charge in [0.05, 0.1) is 22.2 Å². The molecule has 1 saturated heterocycles. The largest absolute Gasteiger partial charge is 0.371 e. The van der Waals surface area contributed by atoms with Crippen molar-refractivity contribution in [3.8, 4) is 0 Å². The van der Waals surface area contributed by atoms with Crippen LogP contribution >= 0.6 is 12.0 Å². The molecule has 0 bridgehead atoms. The average Bonchev–Trinajstić information content (AvgIpc) is 3.44. The van der Waals surface area contributed by atoms with Crippen LogP contribution in [-0.4, -0.2) is 107 Å². The molecule has 6 atom stereocenters. The number of hydrogen-bond donors (Lipinski definition) is 4. The maximum absolute atomic E-state index is 12.1.